The van der Waals surface area contributed by atoms with Crippen LogP contribution in [0.15, 0.2) is 42.5 Å². The molecular weight excluding hydrogens is 384 g/mol. The van der Waals surface area contributed by atoms with Crippen molar-refractivity contribution in [2.45, 2.75) is 25.4 Å². The minimum Gasteiger partial charge on any atom is -0.480 e. The van der Waals surface area contributed by atoms with Gasteiger partial charge in [0.2, 0.25) is 6.79 Å². The van der Waals surface area contributed by atoms with Crippen LogP contribution in [0.2, 0.25) is 0 Å². The van der Waals surface area contributed by atoms with Crippen LogP contribution in [0.25, 0.3) is 0 Å². The van der Waals surface area contributed by atoms with Gasteiger partial charge in [-0.15, -0.1) is 0 Å². The highest BCUT2D eigenvalue weighted by Gasteiger charge is 2.31. The Labute approximate surface area is 175 Å². The number of carbonyl (C=O) groups is 2. The third-order valence-electron chi connectivity index (χ3n) is 5.91. The summed E-state index contributed by atoms with van der Waals surface area (Å²) >= 11 is 0. The van der Waals surface area contributed by atoms with Gasteiger partial charge in [-0.1, -0.05) is 18.2 Å². The maximum atomic E-state index is 13.1. The van der Waals surface area contributed by atoms with Gasteiger partial charge < -0.3 is 24.0 Å². The van der Waals surface area contributed by atoms with Crippen molar-refractivity contribution >= 4 is 11.8 Å². The monoisotopic (exact) mass is 408 g/mol. The summed E-state index contributed by atoms with van der Waals surface area (Å²) in [6.07, 6.45) is 1.82. The molecule has 5 rings (SSSR count). The zero-order valence-electron chi connectivity index (χ0n) is 16.7. The van der Waals surface area contributed by atoms with Crippen LogP contribution in [0.1, 0.15) is 28.8 Å². The molecule has 3 aliphatic rings. The molecule has 0 radical (unpaired) electrons. The smallest absolute Gasteiger partial charge is 0.263 e. The third-order valence-corrected chi connectivity index (χ3v) is 5.91. The number of rotatable bonds is 2. The highest BCUT2D eigenvalue weighted by molar-refractivity contribution is 5.95. The summed E-state index contributed by atoms with van der Waals surface area (Å²) in [5, 5.41) is 0. The van der Waals surface area contributed by atoms with Crippen molar-refractivity contribution in [1.29, 1.82) is 0 Å². The zero-order valence-corrected chi connectivity index (χ0v) is 16.7. The molecule has 1 fully saturated rings. The fourth-order valence-corrected chi connectivity index (χ4v) is 4.25. The summed E-state index contributed by atoms with van der Waals surface area (Å²) in [5.41, 5.74) is 1.73. The minimum absolute atomic E-state index is 0.0156. The molecule has 1 unspecified atom stereocenters. The lowest BCUT2D eigenvalue weighted by Crippen LogP contribution is -2.45. The summed E-state index contributed by atoms with van der Waals surface area (Å²) in [6.45, 7) is 2.44. The molecule has 0 spiro atoms. The molecule has 2 amide bonds. The lowest BCUT2D eigenvalue weighted by molar-refractivity contribution is -0.139. The largest absolute Gasteiger partial charge is 0.480 e. The number of aryl methyl sites for hydroxylation is 1. The third kappa shape index (κ3) is 3.56. The number of fused-ring (bicyclic) bond motifs is 2. The second kappa shape index (κ2) is 7.89. The molecule has 0 aliphatic carbocycles. The van der Waals surface area contributed by atoms with Crippen molar-refractivity contribution in [3.05, 3.63) is 53.6 Å². The molecule has 3 heterocycles. The van der Waals surface area contributed by atoms with Gasteiger partial charge in [0, 0.05) is 31.7 Å². The Morgan fingerprint density at radius 3 is 2.60 bits per heavy atom. The Morgan fingerprint density at radius 2 is 1.67 bits per heavy atom. The van der Waals surface area contributed by atoms with Gasteiger partial charge in [0.05, 0.1) is 0 Å². The van der Waals surface area contributed by atoms with Crippen molar-refractivity contribution in [3.8, 4) is 17.2 Å². The van der Waals surface area contributed by atoms with Crippen molar-refractivity contribution in [1.82, 2.24) is 9.80 Å². The first-order valence-corrected chi connectivity index (χ1v) is 10.4. The van der Waals surface area contributed by atoms with E-state index in [0.717, 1.165) is 24.2 Å². The quantitative estimate of drug-likeness (QED) is 0.764. The number of benzene rings is 2. The molecule has 0 N–H and O–H groups in total. The van der Waals surface area contributed by atoms with E-state index in [9.17, 15) is 9.59 Å². The first-order chi connectivity index (χ1) is 14.7. The molecular formula is C23H24N2O5. The van der Waals surface area contributed by atoms with Crippen molar-refractivity contribution in [2.75, 3.05) is 33.0 Å². The van der Waals surface area contributed by atoms with Crippen LogP contribution in [0.5, 0.6) is 17.2 Å². The first-order valence-electron chi connectivity index (χ1n) is 10.4. The van der Waals surface area contributed by atoms with Gasteiger partial charge in [0.15, 0.2) is 17.6 Å². The Balaban J connectivity index is 1.22. The summed E-state index contributed by atoms with van der Waals surface area (Å²) < 4.78 is 16.7. The summed E-state index contributed by atoms with van der Waals surface area (Å²) in [4.78, 5) is 29.7. The molecule has 7 heteroatoms. The number of hydrogen-bond donors (Lipinski definition) is 0. The van der Waals surface area contributed by atoms with E-state index < -0.39 is 6.10 Å². The highest BCUT2D eigenvalue weighted by Crippen LogP contribution is 2.33. The molecule has 0 bridgehead atoms. The number of para-hydroxylation sites is 1. The summed E-state index contributed by atoms with van der Waals surface area (Å²) in [7, 11) is 0. The van der Waals surface area contributed by atoms with E-state index in [1.54, 1.807) is 18.2 Å². The predicted octanol–water partition coefficient (Wildman–Crippen LogP) is 2.48. The molecule has 3 aliphatic heterocycles. The van der Waals surface area contributed by atoms with Crippen LogP contribution in [0, 0.1) is 0 Å². The normalized spacial score (nSPS) is 20.2. The Hall–Kier alpha value is -3.22. The van der Waals surface area contributed by atoms with Crippen LogP contribution in [0.3, 0.4) is 0 Å². The molecule has 0 aromatic heterocycles. The molecule has 1 saturated heterocycles. The highest BCUT2D eigenvalue weighted by atomic mass is 16.7. The van der Waals surface area contributed by atoms with E-state index in [1.165, 1.54) is 0 Å². The SMILES string of the molecule is O=C(c1ccc2c(c1)OCO2)N1CCCN(C(=O)C2CCc3ccccc3O2)CC1. The van der Waals surface area contributed by atoms with Crippen LogP contribution >= 0.6 is 0 Å². The lowest BCUT2D eigenvalue weighted by Gasteiger charge is -2.30. The van der Waals surface area contributed by atoms with E-state index in [2.05, 4.69) is 0 Å². The molecule has 30 heavy (non-hydrogen) atoms. The van der Waals surface area contributed by atoms with Gasteiger partial charge in [-0.05, 0) is 49.1 Å². The zero-order chi connectivity index (χ0) is 20.5. The van der Waals surface area contributed by atoms with E-state index in [4.69, 9.17) is 14.2 Å². The van der Waals surface area contributed by atoms with Gasteiger partial charge in [-0.25, -0.2) is 0 Å². The van der Waals surface area contributed by atoms with E-state index in [-0.39, 0.29) is 18.6 Å². The van der Waals surface area contributed by atoms with Gasteiger partial charge in [-0.2, -0.15) is 0 Å². The average molecular weight is 408 g/mol. The summed E-state index contributed by atoms with van der Waals surface area (Å²) in [5.74, 6) is 2.03. The van der Waals surface area contributed by atoms with Gasteiger partial charge in [0.25, 0.3) is 11.8 Å². The molecule has 7 nitrogen and oxygen atoms in total. The molecule has 2 aromatic rings. The van der Waals surface area contributed by atoms with Crippen LogP contribution in [-0.2, 0) is 11.2 Å². The Morgan fingerprint density at radius 1 is 0.867 bits per heavy atom. The number of hydrogen-bond acceptors (Lipinski definition) is 5. The number of amides is 2. The topological polar surface area (TPSA) is 68.3 Å². The van der Waals surface area contributed by atoms with E-state index in [0.29, 0.717) is 49.7 Å². The van der Waals surface area contributed by atoms with E-state index >= 15 is 0 Å². The Bertz CT molecular complexity index is 976. The minimum atomic E-state index is -0.448. The van der Waals surface area contributed by atoms with E-state index in [1.807, 2.05) is 34.1 Å². The fraction of sp³-hybridized carbons (Fsp3) is 0.391. The lowest BCUT2D eigenvalue weighted by atomic mass is 10.0. The second-order valence-corrected chi connectivity index (χ2v) is 7.79. The van der Waals surface area contributed by atoms with Gasteiger partial charge in [-0.3, -0.25) is 9.59 Å². The second-order valence-electron chi connectivity index (χ2n) is 7.79. The molecule has 156 valence electrons. The number of carbonyl (C=O) groups excluding carboxylic acids is 2. The van der Waals surface area contributed by atoms with Crippen molar-refractivity contribution in [3.63, 3.8) is 0 Å². The van der Waals surface area contributed by atoms with Gasteiger partial charge >= 0.3 is 0 Å². The predicted molar refractivity (Wildman–Crippen MR) is 109 cm³/mol. The Kier molecular flexibility index (Phi) is 4.94. The molecule has 1 atom stereocenters. The number of ether oxygens (including phenoxy) is 3. The molecule has 2 aromatic carbocycles. The first kappa shape index (κ1) is 18.8. The van der Waals surface area contributed by atoms with Crippen LogP contribution in [-0.4, -0.2) is 60.7 Å². The van der Waals surface area contributed by atoms with Crippen LogP contribution in [0.4, 0.5) is 0 Å². The molecule has 0 saturated carbocycles. The van der Waals surface area contributed by atoms with Crippen molar-refractivity contribution in [2.24, 2.45) is 0 Å². The number of nitrogens with zero attached hydrogens (tertiary/aromatic N) is 2. The fourth-order valence-electron chi connectivity index (χ4n) is 4.25. The van der Waals surface area contributed by atoms with Crippen LogP contribution < -0.4 is 14.2 Å². The van der Waals surface area contributed by atoms with Crippen molar-refractivity contribution < 1.29 is 23.8 Å². The average Bonchev–Trinajstić information content (AvgIpc) is 3.12. The van der Waals surface area contributed by atoms with Gasteiger partial charge in [0.1, 0.15) is 5.75 Å². The summed E-state index contributed by atoms with van der Waals surface area (Å²) in [6, 6.07) is 13.1. The standard InChI is InChI=1S/C23H24N2O5/c26-22(17-7-8-19-21(14-17)29-15-28-19)24-10-3-11-25(13-12-24)23(27)20-9-6-16-4-1-2-5-18(16)30-20/h1-2,4-5,7-8,14,20H,3,6,9-13,15H2. The maximum absolute atomic E-state index is 13.1. The maximum Gasteiger partial charge on any atom is 0.263 e.